The second-order valence-electron chi connectivity index (χ2n) is 14.4. The highest BCUT2D eigenvalue weighted by Gasteiger charge is 2.22. The number of benzene rings is 9. The van der Waals surface area contributed by atoms with Crippen LogP contribution in [0.5, 0.6) is 0 Å². The van der Waals surface area contributed by atoms with Crippen molar-refractivity contribution >= 4 is 74.9 Å². The predicted octanol–water partition coefficient (Wildman–Crippen LogP) is 13.7. The van der Waals surface area contributed by atoms with Gasteiger partial charge in [0.05, 0.1) is 11.0 Å². The van der Waals surface area contributed by atoms with E-state index in [9.17, 15) is 0 Å². The van der Waals surface area contributed by atoms with Crippen LogP contribution in [-0.2, 0) is 0 Å². The summed E-state index contributed by atoms with van der Waals surface area (Å²) in [6.07, 6.45) is 0. The zero-order valence-corrected chi connectivity index (χ0v) is 30.8. The molecule has 3 aromatic heterocycles. The number of aromatic nitrogens is 4. The maximum absolute atomic E-state index is 5.14. The van der Waals surface area contributed by atoms with Crippen LogP contribution in [0.15, 0.2) is 182 Å². The minimum absolute atomic E-state index is 0.659. The molecule has 0 bridgehead atoms. The summed E-state index contributed by atoms with van der Waals surface area (Å²) in [4.78, 5) is 15.2. The van der Waals surface area contributed by atoms with Gasteiger partial charge in [0.1, 0.15) is 0 Å². The molecule has 0 fully saturated rings. The van der Waals surface area contributed by atoms with Crippen molar-refractivity contribution in [2.24, 2.45) is 0 Å². The number of para-hydroxylation sites is 1. The molecule has 260 valence electrons. The molecular formula is C51H30N4S. The molecule has 0 saturated heterocycles. The van der Waals surface area contributed by atoms with Crippen LogP contribution >= 0.6 is 11.3 Å². The van der Waals surface area contributed by atoms with Crippen molar-refractivity contribution in [3.8, 4) is 51.0 Å². The van der Waals surface area contributed by atoms with Gasteiger partial charge in [-0.05, 0) is 81.2 Å². The van der Waals surface area contributed by atoms with E-state index in [1.165, 1.54) is 69.3 Å². The van der Waals surface area contributed by atoms with E-state index in [0.29, 0.717) is 17.5 Å². The van der Waals surface area contributed by atoms with E-state index in [1.54, 1.807) is 0 Å². The summed E-state index contributed by atoms with van der Waals surface area (Å²) in [5, 5.41) is 10.1. The van der Waals surface area contributed by atoms with Crippen molar-refractivity contribution in [3.05, 3.63) is 182 Å². The minimum atomic E-state index is 0.659. The lowest BCUT2D eigenvalue weighted by molar-refractivity contribution is 1.08. The largest absolute Gasteiger partial charge is 0.309 e. The monoisotopic (exact) mass is 730 g/mol. The normalized spacial score (nSPS) is 11.9. The van der Waals surface area contributed by atoms with Crippen LogP contribution in [0.3, 0.4) is 0 Å². The quantitative estimate of drug-likeness (QED) is 0.166. The van der Waals surface area contributed by atoms with Gasteiger partial charge < -0.3 is 4.57 Å². The van der Waals surface area contributed by atoms with Crippen LogP contribution in [0.1, 0.15) is 0 Å². The van der Waals surface area contributed by atoms with Crippen LogP contribution in [0, 0.1) is 0 Å². The molecule has 12 rings (SSSR count). The fraction of sp³-hybridized carbons (Fsp3) is 0. The first-order valence-electron chi connectivity index (χ1n) is 18.9. The summed E-state index contributed by atoms with van der Waals surface area (Å²) in [5.74, 6) is 1.98. The SMILES string of the molecule is c1ccc(-c2nc(-c3ccccc3)nc(-c3cccc4sc5ccc(-c6cc7c8ccccc8c8cccc9c8c7c(c6)n9-c6ccccc6)cc5c34)n2)cc1. The average Bonchev–Trinajstić information content (AvgIpc) is 3.82. The molecule has 5 heteroatoms. The van der Waals surface area contributed by atoms with Crippen LogP contribution < -0.4 is 0 Å². The lowest BCUT2D eigenvalue weighted by Crippen LogP contribution is -2.00. The fourth-order valence-corrected chi connectivity index (χ4v) is 9.83. The predicted molar refractivity (Wildman–Crippen MR) is 235 cm³/mol. The lowest BCUT2D eigenvalue weighted by Gasteiger charge is -2.12. The number of hydrogen-bond acceptors (Lipinski definition) is 4. The summed E-state index contributed by atoms with van der Waals surface area (Å²) in [5.41, 5.74) is 8.86. The van der Waals surface area contributed by atoms with Gasteiger partial charge in [-0.1, -0.05) is 133 Å². The smallest absolute Gasteiger partial charge is 0.164 e. The molecular weight excluding hydrogens is 701 g/mol. The van der Waals surface area contributed by atoms with Crippen LogP contribution in [0.4, 0.5) is 0 Å². The Balaban J connectivity index is 1.12. The molecule has 0 radical (unpaired) electrons. The van der Waals surface area contributed by atoms with Crippen molar-refractivity contribution < 1.29 is 0 Å². The second kappa shape index (κ2) is 12.2. The van der Waals surface area contributed by atoms with Gasteiger partial charge >= 0.3 is 0 Å². The maximum Gasteiger partial charge on any atom is 0.164 e. The minimum Gasteiger partial charge on any atom is -0.309 e. The van der Waals surface area contributed by atoms with Gasteiger partial charge in [-0.2, -0.15) is 0 Å². The summed E-state index contributed by atoms with van der Waals surface area (Å²) in [6.45, 7) is 0. The van der Waals surface area contributed by atoms with Gasteiger partial charge in [0, 0.05) is 53.3 Å². The molecule has 3 heterocycles. The first-order valence-corrected chi connectivity index (χ1v) is 19.7. The molecule has 0 atom stereocenters. The first-order chi connectivity index (χ1) is 27.8. The zero-order chi connectivity index (χ0) is 36.7. The number of thiophene rings is 1. The lowest BCUT2D eigenvalue weighted by atomic mass is 9.92. The van der Waals surface area contributed by atoms with Crippen LogP contribution in [0.25, 0.3) is 115 Å². The molecule has 12 aromatic rings. The Morgan fingerprint density at radius 3 is 1.66 bits per heavy atom. The molecule has 0 unspecified atom stereocenters. The van der Waals surface area contributed by atoms with E-state index in [2.05, 4.69) is 150 Å². The van der Waals surface area contributed by atoms with Crippen molar-refractivity contribution in [3.63, 3.8) is 0 Å². The molecule has 0 aliphatic rings. The Kier molecular flexibility index (Phi) is 6.76. The molecule has 0 spiro atoms. The van der Waals surface area contributed by atoms with E-state index in [0.717, 1.165) is 27.8 Å². The Morgan fingerprint density at radius 2 is 0.929 bits per heavy atom. The number of hydrogen-bond donors (Lipinski definition) is 0. The van der Waals surface area contributed by atoms with E-state index < -0.39 is 0 Å². The van der Waals surface area contributed by atoms with Crippen molar-refractivity contribution in [1.82, 2.24) is 19.5 Å². The highest BCUT2D eigenvalue weighted by atomic mass is 32.1. The molecule has 0 amide bonds. The van der Waals surface area contributed by atoms with E-state index >= 15 is 0 Å². The standard InChI is InChI=1S/C51H30N4S/c1-4-14-31(15-5-1)49-52-50(32-16-6-2-7-17-32)54-51(53-49)39-23-13-25-45-46(39)41-28-33(26-27-44(41)56-45)34-29-40-37-21-11-10-20-36(37)38-22-12-24-42-47(38)48(40)43(30-34)55(42)35-18-8-3-9-19-35/h1-30H. The topological polar surface area (TPSA) is 43.6 Å². The molecule has 0 N–H and O–H groups in total. The van der Waals surface area contributed by atoms with Gasteiger partial charge in [-0.3, -0.25) is 0 Å². The molecule has 0 aliphatic carbocycles. The van der Waals surface area contributed by atoms with Gasteiger partial charge in [-0.15, -0.1) is 11.3 Å². The Morgan fingerprint density at radius 1 is 0.339 bits per heavy atom. The Hall–Kier alpha value is -7.21. The molecule has 0 saturated carbocycles. The molecule has 0 aliphatic heterocycles. The third kappa shape index (κ3) is 4.68. The summed E-state index contributed by atoms with van der Waals surface area (Å²) in [6, 6.07) is 65.0. The average molecular weight is 731 g/mol. The van der Waals surface area contributed by atoms with Crippen molar-refractivity contribution in [1.29, 1.82) is 0 Å². The van der Waals surface area contributed by atoms with E-state index in [-0.39, 0.29) is 0 Å². The van der Waals surface area contributed by atoms with Gasteiger partial charge in [0.2, 0.25) is 0 Å². The molecule has 9 aromatic carbocycles. The summed E-state index contributed by atoms with van der Waals surface area (Å²) < 4.78 is 4.88. The molecule has 56 heavy (non-hydrogen) atoms. The highest BCUT2D eigenvalue weighted by Crippen LogP contribution is 2.47. The zero-order valence-electron chi connectivity index (χ0n) is 30.0. The van der Waals surface area contributed by atoms with Crippen molar-refractivity contribution in [2.75, 3.05) is 0 Å². The highest BCUT2D eigenvalue weighted by molar-refractivity contribution is 7.26. The third-order valence-electron chi connectivity index (χ3n) is 11.2. The first kappa shape index (κ1) is 31.2. The number of nitrogens with zero attached hydrogens (tertiary/aromatic N) is 4. The number of fused-ring (bicyclic) bond motifs is 6. The summed E-state index contributed by atoms with van der Waals surface area (Å²) >= 11 is 1.81. The van der Waals surface area contributed by atoms with E-state index in [4.69, 9.17) is 15.0 Å². The van der Waals surface area contributed by atoms with E-state index in [1.807, 2.05) is 47.7 Å². The Bertz CT molecular complexity index is 3400. The second-order valence-corrected chi connectivity index (χ2v) is 15.4. The van der Waals surface area contributed by atoms with Crippen LogP contribution in [0.2, 0.25) is 0 Å². The van der Waals surface area contributed by atoms with Crippen LogP contribution in [-0.4, -0.2) is 19.5 Å². The molecule has 4 nitrogen and oxygen atoms in total. The fourth-order valence-electron chi connectivity index (χ4n) is 8.72. The third-order valence-corrected chi connectivity index (χ3v) is 12.3. The number of rotatable bonds is 5. The van der Waals surface area contributed by atoms with Gasteiger partial charge in [0.15, 0.2) is 17.5 Å². The Labute approximate surface area is 326 Å². The summed E-state index contributed by atoms with van der Waals surface area (Å²) in [7, 11) is 0. The van der Waals surface area contributed by atoms with Crippen molar-refractivity contribution in [2.45, 2.75) is 0 Å². The van der Waals surface area contributed by atoms with Gasteiger partial charge in [0.25, 0.3) is 0 Å². The maximum atomic E-state index is 5.14. The van der Waals surface area contributed by atoms with Gasteiger partial charge in [-0.25, -0.2) is 15.0 Å².